The van der Waals surface area contributed by atoms with Crippen molar-refractivity contribution in [2.24, 2.45) is 0 Å². The minimum absolute atomic E-state index is 0.621. The molecule has 2 aromatic carbocycles. The molecular weight excluding hydrogens is 290 g/mol. The smallest absolute Gasteiger partial charge is 0.105 e. The van der Waals surface area contributed by atoms with Crippen molar-refractivity contribution in [1.82, 2.24) is 0 Å². The van der Waals surface area contributed by atoms with E-state index >= 15 is 0 Å². The maximum Gasteiger partial charge on any atom is 0.105 e. The van der Waals surface area contributed by atoms with Gasteiger partial charge in [0.2, 0.25) is 0 Å². The quantitative estimate of drug-likeness (QED) is 0.763. The Morgan fingerprint density at radius 3 is 2.55 bits per heavy atom. The van der Waals surface area contributed by atoms with Gasteiger partial charge in [-0.1, -0.05) is 30.3 Å². The van der Waals surface area contributed by atoms with E-state index in [1.165, 1.54) is 0 Å². The van der Waals surface area contributed by atoms with Crippen molar-refractivity contribution < 1.29 is 5.11 Å². The molecule has 1 heterocycles. The number of aliphatic hydroxyl groups is 1. The Morgan fingerprint density at radius 1 is 1.05 bits per heavy atom. The van der Waals surface area contributed by atoms with Crippen molar-refractivity contribution in [2.75, 3.05) is 0 Å². The summed E-state index contributed by atoms with van der Waals surface area (Å²) in [6.45, 7) is 2.03. The summed E-state index contributed by atoms with van der Waals surface area (Å²) in [4.78, 5) is 0. The van der Waals surface area contributed by atoms with E-state index in [-0.39, 0.29) is 0 Å². The molecule has 0 aliphatic carbocycles. The maximum atomic E-state index is 10.5. The Labute approximate surface area is 133 Å². The molecule has 2 nitrogen and oxygen atoms in total. The molecule has 0 aliphatic rings. The van der Waals surface area contributed by atoms with Crippen LogP contribution in [0.4, 0.5) is 0 Å². The summed E-state index contributed by atoms with van der Waals surface area (Å²) >= 11 is 1.56. The van der Waals surface area contributed by atoms with Crippen molar-refractivity contribution in [3.63, 3.8) is 0 Å². The van der Waals surface area contributed by atoms with Crippen molar-refractivity contribution in [2.45, 2.75) is 13.0 Å². The average molecular weight is 305 g/mol. The second kappa shape index (κ2) is 6.15. The van der Waals surface area contributed by atoms with Gasteiger partial charge in [0.15, 0.2) is 0 Å². The van der Waals surface area contributed by atoms with E-state index in [4.69, 9.17) is 0 Å². The van der Waals surface area contributed by atoms with E-state index in [2.05, 4.69) is 6.07 Å². The first-order chi connectivity index (χ1) is 10.7. The van der Waals surface area contributed by atoms with Crippen molar-refractivity contribution in [1.29, 1.82) is 5.26 Å². The Balaban J connectivity index is 2.12. The molecule has 0 saturated heterocycles. The third-order valence-electron chi connectivity index (χ3n) is 3.77. The molecule has 1 aromatic heterocycles. The second-order valence-corrected chi connectivity index (χ2v) is 5.97. The van der Waals surface area contributed by atoms with Crippen LogP contribution in [0.5, 0.6) is 0 Å². The lowest BCUT2D eigenvalue weighted by Gasteiger charge is -2.14. The Bertz CT molecular complexity index is 831. The molecule has 0 aliphatic heterocycles. The highest BCUT2D eigenvalue weighted by molar-refractivity contribution is 7.07. The minimum Gasteiger partial charge on any atom is -0.384 e. The molecule has 108 valence electrons. The van der Waals surface area contributed by atoms with E-state index in [9.17, 15) is 10.4 Å². The van der Waals surface area contributed by atoms with Crippen LogP contribution < -0.4 is 0 Å². The molecule has 0 amide bonds. The Morgan fingerprint density at radius 2 is 1.86 bits per heavy atom. The normalized spacial score (nSPS) is 11.9. The number of aryl methyl sites for hydroxylation is 1. The van der Waals surface area contributed by atoms with Gasteiger partial charge in [-0.05, 0) is 58.1 Å². The van der Waals surface area contributed by atoms with Crippen LogP contribution in [-0.4, -0.2) is 5.11 Å². The fourth-order valence-electron chi connectivity index (χ4n) is 2.55. The number of benzene rings is 2. The van der Waals surface area contributed by atoms with Crippen molar-refractivity contribution in [3.8, 4) is 17.2 Å². The molecule has 1 N–H and O–H groups in total. The minimum atomic E-state index is -0.665. The van der Waals surface area contributed by atoms with Gasteiger partial charge < -0.3 is 5.11 Å². The molecule has 3 rings (SSSR count). The highest BCUT2D eigenvalue weighted by Crippen LogP contribution is 2.31. The Kier molecular flexibility index (Phi) is 4.06. The van der Waals surface area contributed by atoms with Crippen molar-refractivity contribution in [3.05, 3.63) is 81.5 Å². The molecule has 0 fully saturated rings. The van der Waals surface area contributed by atoms with Crippen LogP contribution in [0.2, 0.25) is 0 Å². The molecule has 1 unspecified atom stereocenters. The van der Waals surface area contributed by atoms with Crippen LogP contribution in [0.15, 0.2) is 59.3 Å². The van der Waals surface area contributed by atoms with Gasteiger partial charge in [-0.2, -0.15) is 16.6 Å². The molecule has 3 aromatic rings. The summed E-state index contributed by atoms with van der Waals surface area (Å²) in [5, 5.41) is 23.8. The van der Waals surface area contributed by atoms with E-state index in [0.717, 1.165) is 27.8 Å². The molecule has 0 spiro atoms. The predicted molar refractivity (Wildman–Crippen MR) is 89.7 cm³/mol. The summed E-state index contributed by atoms with van der Waals surface area (Å²) in [5.74, 6) is 0. The fourth-order valence-corrected chi connectivity index (χ4v) is 3.23. The first-order valence-electron chi connectivity index (χ1n) is 7.01. The molecule has 0 bridgehead atoms. The lowest BCUT2D eigenvalue weighted by atomic mass is 9.92. The molecule has 0 radical (unpaired) electrons. The number of thiophene rings is 1. The van der Waals surface area contributed by atoms with Gasteiger partial charge >= 0.3 is 0 Å². The predicted octanol–water partition coefficient (Wildman–Crippen LogP) is 4.68. The van der Waals surface area contributed by atoms with Gasteiger partial charge in [0, 0.05) is 5.56 Å². The van der Waals surface area contributed by atoms with Gasteiger partial charge in [0.1, 0.15) is 6.10 Å². The van der Waals surface area contributed by atoms with E-state index in [1.54, 1.807) is 17.4 Å². The monoisotopic (exact) mass is 305 g/mol. The molecular formula is C19H15NOS. The lowest BCUT2D eigenvalue weighted by Crippen LogP contribution is -1.99. The SMILES string of the molecule is Cc1ccccc1-c1cc(C(O)c2ccsc2)ccc1C#N. The van der Waals surface area contributed by atoms with Crippen LogP contribution in [0.25, 0.3) is 11.1 Å². The third-order valence-corrected chi connectivity index (χ3v) is 4.48. The van der Waals surface area contributed by atoms with Crippen molar-refractivity contribution >= 4 is 11.3 Å². The molecule has 3 heteroatoms. The first-order valence-corrected chi connectivity index (χ1v) is 7.95. The van der Waals surface area contributed by atoms with Gasteiger partial charge in [0.25, 0.3) is 0 Å². The standard InChI is InChI=1S/C19H15NOS/c1-13-4-2-3-5-17(13)18-10-14(6-7-15(18)11-20)19(21)16-8-9-22-12-16/h2-10,12,19,21H,1H3. The number of nitrogens with zero attached hydrogens (tertiary/aromatic N) is 1. The summed E-state index contributed by atoms with van der Waals surface area (Å²) in [6, 6.07) is 17.7. The second-order valence-electron chi connectivity index (χ2n) is 5.19. The third kappa shape index (κ3) is 2.67. The van der Waals surface area contributed by atoms with Crippen LogP contribution >= 0.6 is 11.3 Å². The van der Waals surface area contributed by atoms with E-state index in [1.807, 2.05) is 60.1 Å². The van der Waals surface area contributed by atoms with Crippen LogP contribution in [-0.2, 0) is 0 Å². The number of hydrogen-bond donors (Lipinski definition) is 1. The largest absolute Gasteiger partial charge is 0.384 e. The average Bonchev–Trinajstić information content (AvgIpc) is 3.08. The maximum absolute atomic E-state index is 10.5. The van der Waals surface area contributed by atoms with Crippen LogP contribution in [0.3, 0.4) is 0 Å². The zero-order chi connectivity index (χ0) is 15.5. The molecule has 0 saturated carbocycles. The first kappa shape index (κ1) is 14.5. The summed E-state index contributed by atoms with van der Waals surface area (Å²) < 4.78 is 0. The Hall–Kier alpha value is -2.41. The number of nitriles is 1. The number of hydrogen-bond acceptors (Lipinski definition) is 3. The number of rotatable bonds is 3. The summed E-state index contributed by atoms with van der Waals surface area (Å²) in [7, 11) is 0. The molecule has 1 atom stereocenters. The van der Waals surface area contributed by atoms with E-state index < -0.39 is 6.10 Å². The zero-order valence-corrected chi connectivity index (χ0v) is 13.0. The zero-order valence-electron chi connectivity index (χ0n) is 12.2. The lowest BCUT2D eigenvalue weighted by molar-refractivity contribution is 0.221. The fraction of sp³-hybridized carbons (Fsp3) is 0.105. The summed E-state index contributed by atoms with van der Waals surface area (Å²) in [6.07, 6.45) is -0.665. The topological polar surface area (TPSA) is 44.0 Å². The van der Waals surface area contributed by atoms with Gasteiger partial charge in [-0.15, -0.1) is 0 Å². The van der Waals surface area contributed by atoms with Gasteiger partial charge in [0.05, 0.1) is 11.6 Å². The van der Waals surface area contributed by atoms with Gasteiger partial charge in [-0.25, -0.2) is 0 Å². The summed E-state index contributed by atoms with van der Waals surface area (Å²) in [5.41, 5.74) is 5.31. The number of aliphatic hydroxyl groups excluding tert-OH is 1. The van der Waals surface area contributed by atoms with Gasteiger partial charge in [-0.3, -0.25) is 0 Å². The van der Waals surface area contributed by atoms with Crippen LogP contribution in [0.1, 0.15) is 28.4 Å². The highest BCUT2D eigenvalue weighted by atomic mass is 32.1. The van der Waals surface area contributed by atoms with Crippen LogP contribution in [0, 0.1) is 18.3 Å². The van der Waals surface area contributed by atoms with E-state index in [0.29, 0.717) is 5.56 Å². The molecule has 22 heavy (non-hydrogen) atoms. The highest BCUT2D eigenvalue weighted by Gasteiger charge is 2.14.